The van der Waals surface area contributed by atoms with E-state index >= 15 is 0 Å². The zero-order chi connectivity index (χ0) is 13.8. The summed E-state index contributed by atoms with van der Waals surface area (Å²) in [5.41, 5.74) is 1.56. The van der Waals surface area contributed by atoms with Gasteiger partial charge in [0, 0.05) is 10.6 Å². The minimum atomic E-state index is 0.0457. The first-order valence-electron chi connectivity index (χ1n) is 5.91. The van der Waals surface area contributed by atoms with Crippen LogP contribution in [-0.4, -0.2) is 11.2 Å². The van der Waals surface area contributed by atoms with Crippen molar-refractivity contribution >= 4 is 11.3 Å². The van der Waals surface area contributed by atoms with Gasteiger partial charge in [0.15, 0.2) is 0 Å². The molecule has 0 aliphatic carbocycles. The normalized spacial score (nSPS) is 10.2. The van der Waals surface area contributed by atoms with Crippen molar-refractivity contribution in [2.45, 2.75) is 20.4 Å². The highest BCUT2D eigenvalue weighted by Gasteiger charge is 2.07. The monoisotopic (exact) mass is 274 g/mol. The first kappa shape index (κ1) is 13.4. The summed E-state index contributed by atoms with van der Waals surface area (Å²) in [5, 5.41) is 8.79. The number of aryl methyl sites for hydroxylation is 1. The maximum Gasteiger partial charge on any atom is 0.307 e. The molecule has 4 nitrogen and oxygen atoms in total. The molecular weight excluding hydrogens is 260 g/mol. The highest BCUT2D eigenvalue weighted by atomic mass is 32.1. The zero-order valence-corrected chi connectivity index (χ0v) is 11.7. The molecule has 0 bridgehead atoms. The van der Waals surface area contributed by atoms with Crippen molar-refractivity contribution in [2.75, 3.05) is 6.61 Å². The lowest BCUT2D eigenvalue weighted by Gasteiger charge is -2.08. The summed E-state index contributed by atoms with van der Waals surface area (Å²) in [4.78, 5) is 12.8. The Morgan fingerprint density at radius 2 is 2.21 bits per heavy atom. The van der Waals surface area contributed by atoms with Gasteiger partial charge in [-0.1, -0.05) is 17.4 Å². The van der Waals surface area contributed by atoms with E-state index in [0.717, 1.165) is 10.6 Å². The Bertz CT molecular complexity index is 679. The van der Waals surface area contributed by atoms with Crippen molar-refractivity contribution in [1.29, 1.82) is 5.26 Å². The number of nitrogens with zero attached hydrogens (tertiary/aromatic N) is 2. The summed E-state index contributed by atoms with van der Waals surface area (Å²) in [7, 11) is 0. The summed E-state index contributed by atoms with van der Waals surface area (Å²) in [5.74, 6) is 0.650. The minimum absolute atomic E-state index is 0.0457. The number of aromatic nitrogens is 1. The highest BCUT2D eigenvalue weighted by Crippen LogP contribution is 2.13. The lowest BCUT2D eigenvalue weighted by Crippen LogP contribution is -2.19. The van der Waals surface area contributed by atoms with Crippen LogP contribution in [-0.2, 0) is 6.54 Å². The average molecular weight is 274 g/mol. The molecule has 0 aliphatic rings. The molecule has 0 radical (unpaired) electrons. The molecule has 0 fully saturated rings. The van der Waals surface area contributed by atoms with Crippen molar-refractivity contribution in [1.82, 2.24) is 4.57 Å². The number of ether oxygens (including phenoxy) is 1. The number of thiazole rings is 1. The van der Waals surface area contributed by atoms with Crippen molar-refractivity contribution in [3.63, 3.8) is 0 Å². The fraction of sp³-hybridized carbons (Fsp3) is 0.286. The molecule has 0 unspecified atom stereocenters. The van der Waals surface area contributed by atoms with Crippen molar-refractivity contribution < 1.29 is 4.74 Å². The second-order valence-electron chi connectivity index (χ2n) is 4.15. The Morgan fingerprint density at radius 1 is 1.42 bits per heavy atom. The largest absolute Gasteiger partial charge is 0.492 e. The molecule has 0 atom stereocenters. The average Bonchev–Trinajstić information content (AvgIpc) is 2.65. The molecule has 5 heteroatoms. The highest BCUT2D eigenvalue weighted by molar-refractivity contribution is 7.09. The lowest BCUT2D eigenvalue weighted by atomic mass is 10.2. The van der Waals surface area contributed by atoms with Gasteiger partial charge < -0.3 is 4.74 Å². The zero-order valence-electron chi connectivity index (χ0n) is 10.8. The van der Waals surface area contributed by atoms with Crippen LogP contribution in [0, 0.1) is 25.2 Å². The van der Waals surface area contributed by atoms with Crippen molar-refractivity contribution in [3.05, 3.63) is 50.1 Å². The molecule has 0 aliphatic heterocycles. The van der Waals surface area contributed by atoms with Crippen LogP contribution < -0.4 is 9.61 Å². The summed E-state index contributed by atoms with van der Waals surface area (Å²) in [6, 6.07) is 9.06. The van der Waals surface area contributed by atoms with E-state index in [1.54, 1.807) is 28.8 Å². The summed E-state index contributed by atoms with van der Waals surface area (Å²) in [6.45, 7) is 4.80. The Hall–Kier alpha value is -2.06. The van der Waals surface area contributed by atoms with Crippen LogP contribution in [0.4, 0.5) is 0 Å². The molecule has 98 valence electrons. The summed E-state index contributed by atoms with van der Waals surface area (Å²) >= 11 is 1.26. The predicted octanol–water partition coefficient (Wildman–Crippen LogP) is 2.48. The fourth-order valence-electron chi connectivity index (χ4n) is 1.76. The summed E-state index contributed by atoms with van der Waals surface area (Å²) in [6.07, 6.45) is 0. The number of rotatable bonds is 4. The van der Waals surface area contributed by atoms with E-state index in [4.69, 9.17) is 10.00 Å². The molecule has 2 rings (SSSR count). The SMILES string of the molecule is Cc1sc(=O)n(CCOc2cccc(C#N)c2)c1C. The van der Waals surface area contributed by atoms with Crippen LogP contribution in [0.25, 0.3) is 0 Å². The Labute approximate surface area is 115 Å². The molecule has 1 heterocycles. The van der Waals surface area contributed by atoms with Crippen molar-refractivity contribution in [3.8, 4) is 11.8 Å². The second kappa shape index (κ2) is 5.72. The van der Waals surface area contributed by atoms with Gasteiger partial charge in [-0.15, -0.1) is 0 Å². The minimum Gasteiger partial charge on any atom is -0.492 e. The quantitative estimate of drug-likeness (QED) is 0.860. The van der Waals surface area contributed by atoms with Crippen LogP contribution >= 0.6 is 11.3 Å². The van der Waals surface area contributed by atoms with E-state index < -0.39 is 0 Å². The third-order valence-corrected chi connectivity index (χ3v) is 3.92. The first-order valence-corrected chi connectivity index (χ1v) is 6.73. The van der Waals surface area contributed by atoms with E-state index in [0.29, 0.717) is 24.5 Å². The first-order chi connectivity index (χ1) is 9.11. The number of benzene rings is 1. The van der Waals surface area contributed by atoms with Gasteiger partial charge in [-0.25, -0.2) is 0 Å². The maximum atomic E-state index is 11.7. The van der Waals surface area contributed by atoms with Gasteiger partial charge in [-0.3, -0.25) is 9.36 Å². The van der Waals surface area contributed by atoms with Crippen LogP contribution in [0.1, 0.15) is 16.1 Å². The molecule has 0 amide bonds. The molecule has 0 spiro atoms. The van der Waals surface area contributed by atoms with Crippen LogP contribution in [0.5, 0.6) is 5.75 Å². The van der Waals surface area contributed by atoms with E-state index in [1.807, 2.05) is 13.8 Å². The van der Waals surface area contributed by atoms with E-state index in [1.165, 1.54) is 11.3 Å². The molecule has 0 saturated heterocycles. The van der Waals surface area contributed by atoms with Crippen LogP contribution in [0.15, 0.2) is 29.1 Å². The molecule has 1 aromatic heterocycles. The summed E-state index contributed by atoms with van der Waals surface area (Å²) < 4.78 is 7.28. The van der Waals surface area contributed by atoms with Gasteiger partial charge >= 0.3 is 4.87 Å². The lowest BCUT2D eigenvalue weighted by molar-refractivity contribution is 0.296. The van der Waals surface area contributed by atoms with Gasteiger partial charge in [0.2, 0.25) is 0 Å². The van der Waals surface area contributed by atoms with Gasteiger partial charge in [0.1, 0.15) is 12.4 Å². The smallest absolute Gasteiger partial charge is 0.307 e. The van der Waals surface area contributed by atoms with E-state index in [-0.39, 0.29) is 4.87 Å². The predicted molar refractivity (Wildman–Crippen MR) is 74.7 cm³/mol. The van der Waals surface area contributed by atoms with Gasteiger partial charge in [-0.2, -0.15) is 5.26 Å². The third kappa shape index (κ3) is 3.04. The Balaban J connectivity index is 2.00. The molecule has 0 N–H and O–H groups in total. The third-order valence-electron chi connectivity index (χ3n) is 2.92. The number of hydrogen-bond acceptors (Lipinski definition) is 4. The van der Waals surface area contributed by atoms with Crippen molar-refractivity contribution in [2.24, 2.45) is 0 Å². The number of nitriles is 1. The maximum absolute atomic E-state index is 11.7. The topological polar surface area (TPSA) is 55.0 Å². The van der Waals surface area contributed by atoms with Crippen LogP contribution in [0.2, 0.25) is 0 Å². The van der Waals surface area contributed by atoms with E-state index in [9.17, 15) is 4.79 Å². The fourth-order valence-corrected chi connectivity index (χ4v) is 2.61. The molecule has 1 aromatic carbocycles. The van der Waals surface area contributed by atoms with E-state index in [2.05, 4.69) is 6.07 Å². The Kier molecular flexibility index (Phi) is 4.03. The second-order valence-corrected chi connectivity index (χ2v) is 5.32. The van der Waals surface area contributed by atoms with Gasteiger partial charge in [0.25, 0.3) is 0 Å². The standard InChI is InChI=1S/C14H14N2O2S/c1-10-11(2)19-14(17)16(10)6-7-18-13-5-3-4-12(8-13)9-15/h3-5,8H,6-7H2,1-2H3. The van der Waals surface area contributed by atoms with Crippen LogP contribution in [0.3, 0.4) is 0 Å². The van der Waals surface area contributed by atoms with Gasteiger partial charge in [0.05, 0.1) is 18.2 Å². The molecule has 0 saturated carbocycles. The molecule has 19 heavy (non-hydrogen) atoms. The Morgan fingerprint density at radius 3 is 2.84 bits per heavy atom. The number of hydrogen-bond donors (Lipinski definition) is 0. The van der Waals surface area contributed by atoms with Gasteiger partial charge in [-0.05, 0) is 32.0 Å². The molecular formula is C14H14N2O2S. The molecule has 2 aromatic rings.